The van der Waals surface area contributed by atoms with Crippen LogP contribution in [0.1, 0.15) is 36.1 Å². The second-order valence-electron chi connectivity index (χ2n) is 8.61. The van der Waals surface area contributed by atoms with E-state index in [0.717, 1.165) is 21.0 Å². The summed E-state index contributed by atoms with van der Waals surface area (Å²) < 4.78 is 53.5. The predicted octanol–water partition coefficient (Wildman–Crippen LogP) is 3.23. The first-order valence-corrected chi connectivity index (χ1v) is 14.4. The third kappa shape index (κ3) is 7.23. The maximum atomic E-state index is 12.7. The molecule has 0 unspecified atom stereocenters. The fourth-order valence-corrected chi connectivity index (χ4v) is 5.62. The van der Waals surface area contributed by atoms with Gasteiger partial charge in [0.25, 0.3) is 0 Å². The van der Waals surface area contributed by atoms with E-state index in [4.69, 9.17) is 0 Å². The Morgan fingerprint density at radius 2 is 1.36 bits per heavy atom. The molecule has 1 amide bonds. The molecule has 3 rings (SSSR count). The maximum absolute atomic E-state index is 12.7. The summed E-state index contributed by atoms with van der Waals surface area (Å²) in [6.45, 7) is 2.07. The Bertz CT molecular complexity index is 1370. The van der Waals surface area contributed by atoms with Crippen molar-refractivity contribution < 1.29 is 21.6 Å². The zero-order valence-corrected chi connectivity index (χ0v) is 22.1. The lowest BCUT2D eigenvalue weighted by Gasteiger charge is -2.15. The quantitative estimate of drug-likeness (QED) is 0.396. The fourth-order valence-electron chi connectivity index (χ4n) is 3.48. The van der Waals surface area contributed by atoms with Crippen molar-refractivity contribution in [3.8, 4) is 0 Å². The lowest BCUT2D eigenvalue weighted by Crippen LogP contribution is -2.26. The number of carbonyl (C=O) groups excluding carboxylic acids is 1. The molecular formula is C26H31N3O5S2. The van der Waals surface area contributed by atoms with Crippen LogP contribution in [0.25, 0.3) is 0 Å². The first-order valence-electron chi connectivity index (χ1n) is 11.4. The second-order valence-corrected chi connectivity index (χ2v) is 12.5. The zero-order valence-electron chi connectivity index (χ0n) is 20.5. The van der Waals surface area contributed by atoms with Gasteiger partial charge in [-0.05, 0) is 54.3 Å². The number of aryl methyl sites for hydroxylation is 1. The molecule has 192 valence electrons. The molecule has 0 fully saturated rings. The minimum atomic E-state index is -3.68. The summed E-state index contributed by atoms with van der Waals surface area (Å²) in [4.78, 5) is 12.6. The molecule has 0 aliphatic heterocycles. The average Bonchev–Trinajstić information content (AvgIpc) is 2.87. The Labute approximate surface area is 213 Å². The molecule has 0 saturated heterocycles. The van der Waals surface area contributed by atoms with Gasteiger partial charge in [-0.25, -0.2) is 25.9 Å². The number of carbonyl (C=O) groups is 1. The zero-order chi connectivity index (χ0) is 26.3. The van der Waals surface area contributed by atoms with Gasteiger partial charge in [0, 0.05) is 33.1 Å². The van der Waals surface area contributed by atoms with Crippen LogP contribution in [0.15, 0.2) is 88.7 Å². The summed E-state index contributed by atoms with van der Waals surface area (Å²) in [7, 11) is -4.23. The molecule has 0 radical (unpaired) electrons. The van der Waals surface area contributed by atoms with Gasteiger partial charge in [0.1, 0.15) is 0 Å². The minimum absolute atomic E-state index is 0.157. The number of nitrogens with one attached hydrogen (secondary N) is 2. The number of amides is 1. The van der Waals surface area contributed by atoms with E-state index in [1.165, 1.54) is 38.4 Å². The van der Waals surface area contributed by atoms with E-state index in [9.17, 15) is 21.6 Å². The van der Waals surface area contributed by atoms with Crippen LogP contribution in [0, 0.1) is 0 Å². The number of rotatable bonds is 11. The van der Waals surface area contributed by atoms with E-state index in [-0.39, 0.29) is 34.7 Å². The third-order valence-electron chi connectivity index (χ3n) is 5.70. The van der Waals surface area contributed by atoms with Gasteiger partial charge < -0.3 is 5.32 Å². The normalized spacial score (nSPS) is 12.9. The molecule has 0 saturated carbocycles. The van der Waals surface area contributed by atoms with E-state index < -0.39 is 20.0 Å². The van der Waals surface area contributed by atoms with Gasteiger partial charge in [0.2, 0.25) is 26.0 Å². The van der Waals surface area contributed by atoms with Crippen molar-refractivity contribution in [2.24, 2.45) is 0 Å². The first-order chi connectivity index (χ1) is 17.0. The lowest BCUT2D eigenvalue weighted by molar-refractivity contribution is -0.121. The molecular weight excluding hydrogens is 498 g/mol. The Hall–Kier alpha value is -3.05. The topological polar surface area (TPSA) is 113 Å². The molecule has 0 aliphatic rings. The number of benzene rings is 3. The third-order valence-corrected chi connectivity index (χ3v) is 9.08. The van der Waals surface area contributed by atoms with E-state index in [1.54, 1.807) is 31.2 Å². The smallest absolute Gasteiger partial charge is 0.242 e. The van der Waals surface area contributed by atoms with Crippen molar-refractivity contribution in [3.63, 3.8) is 0 Å². The molecule has 0 heterocycles. The van der Waals surface area contributed by atoms with Gasteiger partial charge in [-0.1, -0.05) is 54.6 Å². The van der Waals surface area contributed by atoms with Crippen molar-refractivity contribution in [1.29, 1.82) is 0 Å². The van der Waals surface area contributed by atoms with Crippen LogP contribution in [0.2, 0.25) is 0 Å². The molecule has 0 aliphatic carbocycles. The summed E-state index contributed by atoms with van der Waals surface area (Å²) in [5.41, 5.74) is 2.50. The largest absolute Gasteiger partial charge is 0.352 e. The van der Waals surface area contributed by atoms with Crippen LogP contribution < -0.4 is 10.0 Å². The van der Waals surface area contributed by atoms with Crippen molar-refractivity contribution in [3.05, 3.63) is 95.6 Å². The molecule has 3 aromatic rings. The fraction of sp³-hybridized carbons (Fsp3) is 0.269. The molecule has 0 aromatic heterocycles. The van der Waals surface area contributed by atoms with Crippen molar-refractivity contribution in [1.82, 2.24) is 14.3 Å². The summed E-state index contributed by atoms with van der Waals surface area (Å²) >= 11 is 0. The summed E-state index contributed by atoms with van der Waals surface area (Å²) in [5.74, 6) is -0.157. The van der Waals surface area contributed by atoms with Gasteiger partial charge in [-0.15, -0.1) is 0 Å². The molecule has 36 heavy (non-hydrogen) atoms. The van der Waals surface area contributed by atoms with Crippen molar-refractivity contribution >= 4 is 26.0 Å². The Balaban J connectivity index is 1.49. The van der Waals surface area contributed by atoms with Gasteiger partial charge in [0.05, 0.1) is 9.79 Å². The Morgan fingerprint density at radius 3 is 1.94 bits per heavy atom. The molecule has 0 bridgehead atoms. The highest BCUT2D eigenvalue weighted by Crippen LogP contribution is 2.18. The van der Waals surface area contributed by atoms with Crippen molar-refractivity contribution in [2.45, 2.75) is 42.1 Å². The maximum Gasteiger partial charge on any atom is 0.242 e. The summed E-state index contributed by atoms with van der Waals surface area (Å²) in [6.07, 6.45) is 0.697. The van der Waals surface area contributed by atoms with E-state index in [0.29, 0.717) is 6.42 Å². The Kier molecular flexibility index (Phi) is 9.02. The second kappa shape index (κ2) is 11.8. The molecule has 8 nitrogen and oxygen atoms in total. The van der Waals surface area contributed by atoms with Gasteiger partial charge in [-0.2, -0.15) is 0 Å². The minimum Gasteiger partial charge on any atom is -0.352 e. The first kappa shape index (κ1) is 27.5. The number of hydrogen-bond acceptors (Lipinski definition) is 5. The van der Waals surface area contributed by atoms with Crippen molar-refractivity contribution in [2.75, 3.05) is 14.1 Å². The number of sulfonamides is 2. The van der Waals surface area contributed by atoms with Gasteiger partial charge >= 0.3 is 0 Å². The van der Waals surface area contributed by atoms with Crippen LogP contribution in [-0.2, 0) is 37.8 Å². The summed E-state index contributed by atoms with van der Waals surface area (Å²) in [5, 5.41) is 2.82. The average molecular weight is 530 g/mol. The highest BCUT2D eigenvalue weighted by Gasteiger charge is 2.19. The highest BCUT2D eigenvalue weighted by molar-refractivity contribution is 7.89. The van der Waals surface area contributed by atoms with Crippen LogP contribution >= 0.6 is 0 Å². The summed E-state index contributed by atoms with van der Waals surface area (Å²) in [6, 6.07) is 21.8. The van der Waals surface area contributed by atoms with Crippen LogP contribution in [0.4, 0.5) is 0 Å². The molecule has 1 atom stereocenters. The molecule has 0 spiro atoms. The van der Waals surface area contributed by atoms with Crippen LogP contribution in [0.5, 0.6) is 0 Å². The standard InChI is InChI=1S/C26H31N3O5S2/c1-20(23-7-5-4-6-8-23)28-35(31,32)24-14-9-21(10-15-24)13-18-26(30)27-19-22-11-16-25(17-12-22)36(33,34)29(2)3/h4-12,14-17,20,28H,13,18-19H2,1-3H3,(H,27,30)/t20-/m1/s1. The lowest BCUT2D eigenvalue weighted by atomic mass is 10.1. The van der Waals surface area contributed by atoms with Gasteiger partial charge in [-0.3, -0.25) is 4.79 Å². The number of hydrogen-bond donors (Lipinski definition) is 2. The molecule has 2 N–H and O–H groups in total. The molecule has 10 heteroatoms. The predicted molar refractivity (Wildman–Crippen MR) is 139 cm³/mol. The number of nitrogens with zero attached hydrogens (tertiary/aromatic N) is 1. The van der Waals surface area contributed by atoms with E-state index >= 15 is 0 Å². The van der Waals surface area contributed by atoms with Gasteiger partial charge in [0.15, 0.2) is 0 Å². The van der Waals surface area contributed by atoms with Crippen LogP contribution in [-0.4, -0.2) is 41.1 Å². The van der Waals surface area contributed by atoms with Crippen LogP contribution in [0.3, 0.4) is 0 Å². The molecule has 3 aromatic carbocycles. The highest BCUT2D eigenvalue weighted by atomic mass is 32.2. The van der Waals surface area contributed by atoms with E-state index in [1.807, 2.05) is 30.3 Å². The monoisotopic (exact) mass is 529 g/mol. The van der Waals surface area contributed by atoms with E-state index in [2.05, 4.69) is 10.0 Å². The Morgan fingerprint density at radius 1 is 0.806 bits per heavy atom. The SMILES string of the molecule is C[C@@H](NS(=O)(=O)c1ccc(CCC(=O)NCc2ccc(S(=O)(=O)N(C)C)cc2)cc1)c1ccccc1.